The minimum atomic E-state index is -1.06. The van der Waals surface area contributed by atoms with E-state index in [9.17, 15) is 9.90 Å². The van der Waals surface area contributed by atoms with Gasteiger partial charge in [0.05, 0.1) is 27.1 Å². The maximum atomic E-state index is 11.7. The quantitative estimate of drug-likeness (QED) is 0.673. The molecule has 0 atom stereocenters. The Morgan fingerprint density at radius 2 is 1.59 bits per heavy atom. The van der Waals surface area contributed by atoms with Crippen LogP contribution in [0.5, 0.6) is 23.0 Å². The van der Waals surface area contributed by atoms with E-state index in [4.69, 9.17) is 18.9 Å². The van der Waals surface area contributed by atoms with Crippen LogP contribution < -0.4 is 18.9 Å². The van der Waals surface area contributed by atoms with Crippen LogP contribution in [0.2, 0.25) is 0 Å². The van der Waals surface area contributed by atoms with Gasteiger partial charge in [0, 0.05) is 6.42 Å². The lowest BCUT2D eigenvalue weighted by atomic mass is 10.0. The third kappa shape index (κ3) is 4.34. The summed E-state index contributed by atoms with van der Waals surface area (Å²) in [6.45, 7) is 3.80. The summed E-state index contributed by atoms with van der Waals surface area (Å²) in [5, 5.41) is 9.61. The fraction of sp³-hybridized carbons (Fsp3) is 0.286. The highest BCUT2D eigenvalue weighted by molar-refractivity contribution is 5.93. The van der Waals surface area contributed by atoms with Crippen molar-refractivity contribution in [1.82, 2.24) is 0 Å². The average Bonchev–Trinajstić information content (AvgIpc) is 2.70. The first-order chi connectivity index (χ1) is 13.0. The molecule has 0 saturated heterocycles. The molecule has 2 aromatic carbocycles. The van der Waals surface area contributed by atoms with Gasteiger partial charge in [0.25, 0.3) is 0 Å². The summed E-state index contributed by atoms with van der Waals surface area (Å²) < 4.78 is 21.8. The molecule has 0 saturated carbocycles. The molecular formula is C21H24O6. The normalized spacial score (nSPS) is 11.1. The van der Waals surface area contributed by atoms with Gasteiger partial charge in [0.2, 0.25) is 5.75 Å². The van der Waals surface area contributed by atoms with Crippen LogP contribution in [-0.4, -0.2) is 32.4 Å². The number of carboxylic acids is 1. The van der Waals surface area contributed by atoms with E-state index < -0.39 is 5.97 Å². The van der Waals surface area contributed by atoms with Crippen LogP contribution in [0.1, 0.15) is 30.6 Å². The Bertz CT molecular complexity index is 829. The van der Waals surface area contributed by atoms with E-state index >= 15 is 0 Å². The van der Waals surface area contributed by atoms with Crippen molar-refractivity contribution in [3.05, 3.63) is 47.7 Å². The number of allylic oxidation sites excluding steroid dienone is 2. The number of hydrogen-bond acceptors (Lipinski definition) is 5. The molecule has 0 aromatic heterocycles. The molecule has 0 aliphatic carbocycles. The Kier molecular flexibility index (Phi) is 6.71. The van der Waals surface area contributed by atoms with Gasteiger partial charge in [-0.3, -0.25) is 0 Å². The number of methoxy groups -OCH3 is 3. The third-order valence-electron chi connectivity index (χ3n) is 4.12. The summed E-state index contributed by atoms with van der Waals surface area (Å²) in [7, 11) is 4.59. The lowest BCUT2D eigenvalue weighted by molar-refractivity contribution is 0.0693. The maximum absolute atomic E-state index is 11.7. The van der Waals surface area contributed by atoms with Crippen molar-refractivity contribution in [2.75, 3.05) is 21.3 Å². The van der Waals surface area contributed by atoms with Gasteiger partial charge in [-0.2, -0.15) is 0 Å². The second-order valence-electron chi connectivity index (χ2n) is 5.64. The lowest BCUT2D eigenvalue weighted by Gasteiger charge is -2.15. The highest BCUT2D eigenvalue weighted by atomic mass is 16.5. The Hall–Kier alpha value is -3.15. The maximum Gasteiger partial charge on any atom is 0.339 e. The zero-order valence-electron chi connectivity index (χ0n) is 16.2. The fourth-order valence-corrected chi connectivity index (χ4v) is 2.69. The summed E-state index contributed by atoms with van der Waals surface area (Å²) in [6.07, 6.45) is 2.49. The monoisotopic (exact) mass is 372 g/mol. The molecule has 0 heterocycles. The Morgan fingerprint density at radius 3 is 2.04 bits per heavy atom. The molecule has 0 fully saturated rings. The van der Waals surface area contributed by atoms with E-state index in [0.29, 0.717) is 40.7 Å². The third-order valence-corrected chi connectivity index (χ3v) is 4.12. The van der Waals surface area contributed by atoms with Gasteiger partial charge in [-0.25, -0.2) is 4.79 Å². The number of hydrogen-bond donors (Lipinski definition) is 1. The second kappa shape index (κ2) is 8.98. The summed E-state index contributed by atoms with van der Waals surface area (Å²) in [6, 6.07) is 8.56. The van der Waals surface area contributed by atoms with Crippen LogP contribution in [0, 0.1) is 0 Å². The van der Waals surface area contributed by atoms with E-state index in [1.54, 1.807) is 30.3 Å². The van der Waals surface area contributed by atoms with E-state index in [-0.39, 0.29) is 5.56 Å². The molecular weight excluding hydrogens is 348 g/mol. The van der Waals surface area contributed by atoms with Crippen LogP contribution in [0.3, 0.4) is 0 Å². The molecule has 0 unspecified atom stereocenters. The molecule has 6 nitrogen and oxygen atoms in total. The molecule has 0 amide bonds. The number of carbonyl (C=O) groups is 1. The van der Waals surface area contributed by atoms with Crippen LogP contribution in [0.25, 0.3) is 11.1 Å². The predicted octanol–water partition coefficient (Wildman–Crippen LogP) is 4.77. The molecule has 0 aliphatic rings. The standard InChI is InChI=1S/C21H24O6/c1-6-15(7-2)27-17-9-8-13(10-16(17)21(22)23)14-11-18(24-3)20(26-5)19(12-14)25-4/h6,8-12H,7H2,1-5H3,(H,22,23). The van der Waals surface area contributed by atoms with E-state index in [1.807, 2.05) is 19.9 Å². The van der Waals surface area contributed by atoms with Crippen LogP contribution >= 0.6 is 0 Å². The summed E-state index contributed by atoms with van der Waals surface area (Å²) in [5.41, 5.74) is 1.51. The molecule has 0 bridgehead atoms. The van der Waals surface area contributed by atoms with Gasteiger partial charge in [-0.1, -0.05) is 13.0 Å². The first-order valence-corrected chi connectivity index (χ1v) is 8.49. The summed E-state index contributed by atoms with van der Waals surface area (Å²) in [4.78, 5) is 11.7. The van der Waals surface area contributed by atoms with E-state index in [2.05, 4.69) is 0 Å². The topological polar surface area (TPSA) is 74.2 Å². The smallest absolute Gasteiger partial charge is 0.339 e. The first kappa shape index (κ1) is 20.2. The molecule has 27 heavy (non-hydrogen) atoms. The van der Waals surface area contributed by atoms with Gasteiger partial charge in [0.1, 0.15) is 11.3 Å². The summed E-state index contributed by atoms with van der Waals surface area (Å²) >= 11 is 0. The van der Waals surface area contributed by atoms with Crippen molar-refractivity contribution >= 4 is 5.97 Å². The van der Waals surface area contributed by atoms with E-state index in [1.165, 1.54) is 21.3 Å². The van der Waals surface area contributed by atoms with Crippen molar-refractivity contribution < 1.29 is 28.8 Å². The van der Waals surface area contributed by atoms with Gasteiger partial charge in [-0.15, -0.1) is 0 Å². The number of ether oxygens (including phenoxy) is 4. The summed E-state index contributed by atoms with van der Waals surface area (Å²) in [5.74, 6) is 1.40. The van der Waals surface area contributed by atoms with Crippen molar-refractivity contribution in [2.24, 2.45) is 0 Å². The van der Waals surface area contributed by atoms with Crippen LogP contribution in [0.15, 0.2) is 42.2 Å². The SMILES string of the molecule is CC=C(CC)Oc1ccc(-c2cc(OC)c(OC)c(OC)c2)cc1C(=O)O. The minimum absolute atomic E-state index is 0.0778. The zero-order valence-corrected chi connectivity index (χ0v) is 16.2. The molecule has 0 aliphatic heterocycles. The molecule has 2 aromatic rings. The van der Waals surface area contributed by atoms with Crippen molar-refractivity contribution in [3.63, 3.8) is 0 Å². The van der Waals surface area contributed by atoms with Crippen molar-refractivity contribution in [1.29, 1.82) is 0 Å². The Balaban J connectivity index is 2.57. The molecule has 6 heteroatoms. The lowest BCUT2D eigenvalue weighted by Crippen LogP contribution is -2.03. The molecule has 0 spiro atoms. The highest BCUT2D eigenvalue weighted by Crippen LogP contribution is 2.41. The van der Waals surface area contributed by atoms with E-state index in [0.717, 1.165) is 5.56 Å². The number of carboxylic acid groups (broad SMARTS) is 1. The van der Waals surface area contributed by atoms with Gasteiger partial charge in [0.15, 0.2) is 11.5 Å². The molecule has 0 radical (unpaired) electrons. The minimum Gasteiger partial charge on any atom is -0.493 e. The second-order valence-corrected chi connectivity index (χ2v) is 5.64. The van der Waals surface area contributed by atoms with Gasteiger partial charge in [-0.05, 0) is 48.4 Å². The number of aromatic carboxylic acids is 1. The van der Waals surface area contributed by atoms with Gasteiger partial charge < -0.3 is 24.1 Å². The Morgan fingerprint density at radius 1 is 0.963 bits per heavy atom. The van der Waals surface area contributed by atoms with Crippen LogP contribution in [0.4, 0.5) is 0 Å². The van der Waals surface area contributed by atoms with Crippen molar-refractivity contribution in [3.8, 4) is 34.1 Å². The zero-order chi connectivity index (χ0) is 20.0. The number of benzene rings is 2. The van der Waals surface area contributed by atoms with Gasteiger partial charge >= 0.3 is 5.97 Å². The van der Waals surface area contributed by atoms with Crippen molar-refractivity contribution in [2.45, 2.75) is 20.3 Å². The number of rotatable bonds is 8. The molecule has 144 valence electrons. The molecule has 2 rings (SSSR count). The highest BCUT2D eigenvalue weighted by Gasteiger charge is 2.18. The largest absolute Gasteiger partial charge is 0.493 e. The predicted molar refractivity (Wildman–Crippen MR) is 103 cm³/mol. The molecule has 1 N–H and O–H groups in total. The van der Waals surface area contributed by atoms with Crippen LogP contribution in [-0.2, 0) is 0 Å². The fourth-order valence-electron chi connectivity index (χ4n) is 2.69. The first-order valence-electron chi connectivity index (χ1n) is 8.49. The Labute approximate surface area is 158 Å². The average molecular weight is 372 g/mol.